The van der Waals surface area contributed by atoms with E-state index in [0.29, 0.717) is 18.3 Å². The van der Waals surface area contributed by atoms with Gasteiger partial charge in [0.25, 0.3) is 0 Å². The lowest BCUT2D eigenvalue weighted by Gasteiger charge is -2.22. The Hall–Kier alpha value is -2.33. The van der Waals surface area contributed by atoms with Crippen LogP contribution in [0.2, 0.25) is 0 Å². The monoisotopic (exact) mass is 523 g/mol. The Bertz CT molecular complexity index is 935. The van der Waals surface area contributed by atoms with Crippen molar-refractivity contribution in [1.29, 1.82) is 0 Å². The standard InChI is InChI=1S/C22H29N5O2.HI/c1-4-23-21(25-16-22(3,28)20-10-9-17(2)29-20)24-14-18-7-5-8-19(13-18)15-27-12-6-11-26-27;/h5-13,28H,4,14-16H2,1-3H3,(H2,23,24,25);1H. The molecule has 8 heteroatoms. The fourth-order valence-electron chi connectivity index (χ4n) is 2.99. The second-order valence-corrected chi connectivity index (χ2v) is 7.26. The number of aliphatic hydroxyl groups is 1. The molecule has 0 amide bonds. The minimum atomic E-state index is -1.13. The Balaban J connectivity index is 0.00000320. The maximum atomic E-state index is 10.7. The Morgan fingerprint density at radius 2 is 2.00 bits per heavy atom. The van der Waals surface area contributed by atoms with Crippen LogP contribution in [0.25, 0.3) is 0 Å². The molecule has 0 saturated carbocycles. The molecule has 3 aromatic rings. The van der Waals surface area contributed by atoms with Crippen LogP contribution in [0.1, 0.15) is 36.5 Å². The van der Waals surface area contributed by atoms with Crippen molar-refractivity contribution in [3.8, 4) is 0 Å². The van der Waals surface area contributed by atoms with Gasteiger partial charge >= 0.3 is 0 Å². The fraction of sp³-hybridized carbons (Fsp3) is 0.364. The van der Waals surface area contributed by atoms with E-state index in [0.717, 1.165) is 24.4 Å². The lowest BCUT2D eigenvalue weighted by Crippen LogP contribution is -2.44. The van der Waals surface area contributed by atoms with Crippen LogP contribution in [-0.4, -0.2) is 33.9 Å². The third kappa shape index (κ3) is 6.88. The molecule has 1 atom stereocenters. The molecule has 0 radical (unpaired) electrons. The van der Waals surface area contributed by atoms with Crippen molar-refractivity contribution < 1.29 is 9.52 Å². The first-order chi connectivity index (χ1) is 14.0. The molecule has 162 valence electrons. The average molecular weight is 523 g/mol. The number of guanidine groups is 1. The molecule has 3 rings (SSSR count). The van der Waals surface area contributed by atoms with Crippen molar-refractivity contribution in [2.75, 3.05) is 13.1 Å². The minimum absolute atomic E-state index is 0. The molecule has 0 bridgehead atoms. The molecule has 2 aromatic heterocycles. The molecule has 1 unspecified atom stereocenters. The van der Waals surface area contributed by atoms with Gasteiger partial charge in [-0.3, -0.25) is 4.68 Å². The van der Waals surface area contributed by atoms with Gasteiger partial charge in [0.1, 0.15) is 17.1 Å². The van der Waals surface area contributed by atoms with Gasteiger partial charge in [0.15, 0.2) is 5.96 Å². The maximum absolute atomic E-state index is 10.7. The summed E-state index contributed by atoms with van der Waals surface area (Å²) in [5, 5.41) is 21.4. The van der Waals surface area contributed by atoms with E-state index in [1.54, 1.807) is 19.2 Å². The Labute approximate surface area is 194 Å². The van der Waals surface area contributed by atoms with Gasteiger partial charge in [0.2, 0.25) is 0 Å². The van der Waals surface area contributed by atoms with Crippen LogP contribution in [0.15, 0.2) is 64.3 Å². The fourth-order valence-corrected chi connectivity index (χ4v) is 2.99. The van der Waals surface area contributed by atoms with Crippen LogP contribution in [0.5, 0.6) is 0 Å². The predicted molar refractivity (Wildman–Crippen MR) is 129 cm³/mol. The predicted octanol–water partition coefficient (Wildman–Crippen LogP) is 3.41. The largest absolute Gasteiger partial charge is 0.463 e. The summed E-state index contributed by atoms with van der Waals surface area (Å²) in [7, 11) is 0. The zero-order chi connectivity index (χ0) is 20.7. The zero-order valence-corrected chi connectivity index (χ0v) is 20.0. The van der Waals surface area contributed by atoms with Crippen LogP contribution in [0, 0.1) is 6.92 Å². The van der Waals surface area contributed by atoms with Crippen molar-refractivity contribution in [2.24, 2.45) is 4.99 Å². The SMILES string of the molecule is CCNC(=NCc1cccc(Cn2cccn2)c1)NCC(C)(O)c1ccc(C)o1.I. The first-order valence-corrected chi connectivity index (χ1v) is 9.83. The van der Waals surface area contributed by atoms with E-state index < -0.39 is 5.60 Å². The molecule has 0 spiro atoms. The Kier molecular flexibility index (Phi) is 8.91. The number of aryl methyl sites for hydroxylation is 1. The minimum Gasteiger partial charge on any atom is -0.463 e. The molecule has 0 saturated heterocycles. The molecule has 1 aromatic carbocycles. The average Bonchev–Trinajstić information content (AvgIpc) is 3.36. The van der Waals surface area contributed by atoms with Gasteiger partial charge in [-0.15, -0.1) is 24.0 Å². The normalized spacial score (nSPS) is 13.4. The third-order valence-electron chi connectivity index (χ3n) is 4.53. The highest BCUT2D eigenvalue weighted by Gasteiger charge is 2.27. The van der Waals surface area contributed by atoms with Gasteiger partial charge in [0.05, 0.1) is 19.6 Å². The van der Waals surface area contributed by atoms with Crippen LogP contribution < -0.4 is 10.6 Å². The molecule has 0 fully saturated rings. The quantitative estimate of drug-likeness (QED) is 0.239. The highest BCUT2D eigenvalue weighted by atomic mass is 127. The van der Waals surface area contributed by atoms with Gasteiger partial charge in [-0.2, -0.15) is 5.10 Å². The third-order valence-corrected chi connectivity index (χ3v) is 4.53. The number of halogens is 1. The number of nitrogens with one attached hydrogen (secondary N) is 2. The van der Waals surface area contributed by atoms with Crippen LogP contribution in [0.4, 0.5) is 0 Å². The second kappa shape index (κ2) is 11.2. The number of furan rings is 1. The summed E-state index contributed by atoms with van der Waals surface area (Å²) in [5.74, 6) is 1.95. The van der Waals surface area contributed by atoms with Gasteiger partial charge in [0, 0.05) is 18.9 Å². The van der Waals surface area contributed by atoms with E-state index in [9.17, 15) is 5.11 Å². The van der Waals surface area contributed by atoms with Crippen molar-refractivity contribution in [3.05, 3.63) is 77.5 Å². The summed E-state index contributed by atoms with van der Waals surface area (Å²) in [4.78, 5) is 4.65. The molecule has 0 aliphatic rings. The first-order valence-electron chi connectivity index (χ1n) is 9.83. The molecular formula is C22H30IN5O2. The van der Waals surface area contributed by atoms with E-state index >= 15 is 0 Å². The van der Waals surface area contributed by atoms with Gasteiger partial charge < -0.3 is 20.2 Å². The maximum Gasteiger partial charge on any atom is 0.191 e. The van der Waals surface area contributed by atoms with Gasteiger partial charge in [-0.1, -0.05) is 24.3 Å². The second-order valence-electron chi connectivity index (χ2n) is 7.26. The number of benzene rings is 1. The summed E-state index contributed by atoms with van der Waals surface area (Å²) in [6, 6.07) is 13.9. The Morgan fingerprint density at radius 1 is 1.20 bits per heavy atom. The smallest absolute Gasteiger partial charge is 0.191 e. The number of hydrogen-bond donors (Lipinski definition) is 3. The summed E-state index contributed by atoms with van der Waals surface area (Å²) < 4.78 is 7.46. The summed E-state index contributed by atoms with van der Waals surface area (Å²) in [6.07, 6.45) is 3.73. The zero-order valence-electron chi connectivity index (χ0n) is 17.6. The molecule has 0 aliphatic carbocycles. The topological polar surface area (TPSA) is 87.6 Å². The number of hydrogen-bond acceptors (Lipinski definition) is 4. The molecular weight excluding hydrogens is 493 g/mol. The van der Waals surface area contributed by atoms with Gasteiger partial charge in [-0.25, -0.2) is 4.99 Å². The van der Waals surface area contributed by atoms with Crippen LogP contribution in [0.3, 0.4) is 0 Å². The molecule has 7 nitrogen and oxygen atoms in total. The lowest BCUT2D eigenvalue weighted by molar-refractivity contribution is 0.0378. The van der Waals surface area contributed by atoms with E-state index in [4.69, 9.17) is 4.42 Å². The van der Waals surface area contributed by atoms with Crippen molar-refractivity contribution in [2.45, 2.75) is 39.5 Å². The van der Waals surface area contributed by atoms with Crippen molar-refractivity contribution in [1.82, 2.24) is 20.4 Å². The number of rotatable bonds is 8. The highest BCUT2D eigenvalue weighted by Crippen LogP contribution is 2.21. The molecule has 0 aliphatic heterocycles. The van der Waals surface area contributed by atoms with Crippen LogP contribution >= 0.6 is 24.0 Å². The van der Waals surface area contributed by atoms with E-state index in [-0.39, 0.29) is 30.5 Å². The Morgan fingerprint density at radius 3 is 2.67 bits per heavy atom. The van der Waals surface area contributed by atoms with E-state index in [1.807, 2.05) is 42.9 Å². The van der Waals surface area contributed by atoms with E-state index in [2.05, 4.69) is 38.9 Å². The van der Waals surface area contributed by atoms with E-state index in [1.165, 1.54) is 5.56 Å². The van der Waals surface area contributed by atoms with Crippen molar-refractivity contribution >= 4 is 29.9 Å². The van der Waals surface area contributed by atoms with Crippen LogP contribution in [-0.2, 0) is 18.7 Å². The lowest BCUT2D eigenvalue weighted by atomic mass is 10.0. The number of nitrogens with zero attached hydrogens (tertiary/aromatic N) is 3. The summed E-state index contributed by atoms with van der Waals surface area (Å²) >= 11 is 0. The summed E-state index contributed by atoms with van der Waals surface area (Å²) in [5.41, 5.74) is 1.16. The molecule has 3 N–H and O–H groups in total. The van der Waals surface area contributed by atoms with Crippen molar-refractivity contribution in [3.63, 3.8) is 0 Å². The summed E-state index contributed by atoms with van der Waals surface area (Å²) in [6.45, 7) is 7.87. The first kappa shape index (κ1) is 23.9. The molecule has 30 heavy (non-hydrogen) atoms. The highest BCUT2D eigenvalue weighted by molar-refractivity contribution is 14.0. The number of aliphatic imine (C=N–C) groups is 1. The molecule has 2 heterocycles. The number of aromatic nitrogens is 2. The van der Waals surface area contributed by atoms with Gasteiger partial charge in [-0.05, 0) is 50.1 Å².